The summed E-state index contributed by atoms with van der Waals surface area (Å²) in [5.41, 5.74) is 9.00. The van der Waals surface area contributed by atoms with Gasteiger partial charge in [0.25, 0.3) is 0 Å². The van der Waals surface area contributed by atoms with E-state index in [0.29, 0.717) is 0 Å². The molecule has 0 bridgehead atoms. The van der Waals surface area contributed by atoms with Gasteiger partial charge in [0.15, 0.2) is 0 Å². The summed E-state index contributed by atoms with van der Waals surface area (Å²) >= 11 is 0. The van der Waals surface area contributed by atoms with Crippen molar-refractivity contribution in [1.29, 1.82) is 0 Å². The fourth-order valence-electron chi connectivity index (χ4n) is 0. The zero-order valence-electron chi connectivity index (χ0n) is 3.39. The van der Waals surface area contributed by atoms with Crippen LogP contribution < -0.4 is 11.5 Å². The quantitative estimate of drug-likeness (QED) is 0.631. The van der Waals surface area contributed by atoms with Gasteiger partial charge in [-0.15, -0.1) is 0 Å². The van der Waals surface area contributed by atoms with Gasteiger partial charge in [-0.25, -0.2) is 6.67 Å². The topological polar surface area (TPSA) is 119 Å². The van der Waals surface area contributed by atoms with E-state index in [1.165, 1.54) is 0 Å². The summed E-state index contributed by atoms with van der Waals surface area (Å²) in [4.78, 5) is 0. The van der Waals surface area contributed by atoms with Gasteiger partial charge in [-0.2, -0.15) is 0 Å². The summed E-state index contributed by atoms with van der Waals surface area (Å²) in [6.45, 7) is 1.00. The van der Waals surface area contributed by atoms with Gasteiger partial charge in [-0.3, -0.25) is 0 Å². The maximum atomic E-state index is 4.50. The summed E-state index contributed by atoms with van der Waals surface area (Å²) in [6, 6.07) is 0. The van der Waals surface area contributed by atoms with E-state index >= 15 is 0 Å². The molecule has 0 aromatic heterocycles. The Morgan fingerprint density at radius 1 is 1.00 bits per heavy atom. The molecule has 4 nitrogen and oxygen atoms in total. The van der Waals surface area contributed by atoms with Crippen molar-refractivity contribution in [3.8, 4) is 0 Å². The molecule has 0 aromatic carbocycles. The van der Waals surface area contributed by atoms with Gasteiger partial charge in [0, 0.05) is 0 Å². The van der Waals surface area contributed by atoms with Crippen LogP contribution in [0.15, 0.2) is 0 Å². The summed E-state index contributed by atoms with van der Waals surface area (Å²) < 4.78 is 0. The number of hydrogen-bond acceptors (Lipinski definition) is 2. The maximum absolute atomic E-state index is 4.50. The van der Waals surface area contributed by atoms with Gasteiger partial charge in [-0.1, -0.05) is 0 Å². The van der Waals surface area contributed by atoms with Crippen LogP contribution >= 0.6 is 0 Å². The number of rotatable bonds is 0. The molecule has 6 heavy (non-hydrogen) atoms. The Balaban J connectivity index is -0.00000000667. The van der Waals surface area contributed by atoms with Crippen LogP contribution in [-0.4, -0.2) is 0 Å². The molecule has 0 rings (SSSR count). The Kier molecular flexibility index (Phi) is 188. The molecule has 0 spiro atoms. The zero-order chi connectivity index (χ0) is 2.71. The molecule has 0 amide bonds. The molecule has 37 valence electrons. The van der Waals surface area contributed by atoms with E-state index < -0.39 is 0 Å². The summed E-state index contributed by atoms with van der Waals surface area (Å²) in [5.74, 6) is 0. The molecule has 0 atom stereocenters. The smallest absolute Gasteiger partial charge is 0.693 e. The number of nitrogens with two attached hydrogens (primary N) is 4. The average Bonchev–Trinajstić information content (AvgIpc) is 0.918. The van der Waals surface area contributed by atoms with Gasteiger partial charge >= 0.3 is 31.1 Å². The van der Waals surface area contributed by atoms with Crippen molar-refractivity contribution >= 4 is 0 Å². The third-order valence-electron chi connectivity index (χ3n) is 0. The number of hydrogen-bond donors (Lipinski definition) is 2. The predicted molar refractivity (Wildman–Crippen MR) is 23.2 cm³/mol. The molecule has 5 heteroatoms. The molecular formula is CH9N4U. The molecule has 0 saturated carbocycles. The van der Waals surface area contributed by atoms with E-state index in [1.807, 2.05) is 0 Å². The van der Waals surface area contributed by atoms with Crippen LogP contribution in [0, 0.1) is 37.8 Å². The monoisotopic (exact) mass is 315 g/mol. The van der Waals surface area contributed by atoms with Gasteiger partial charge in [0.05, 0.1) is 0 Å². The van der Waals surface area contributed by atoms with Gasteiger partial charge in [-0.05, 0) is 0 Å². The van der Waals surface area contributed by atoms with Crippen LogP contribution in [0.5, 0.6) is 0 Å². The molecule has 0 heterocycles. The third kappa shape index (κ3) is 93.1. The maximum Gasteiger partial charge on any atom is 3.00 e. The first-order valence-corrected chi connectivity index (χ1v) is 0.667. The Morgan fingerprint density at radius 2 is 1.00 bits per heavy atom. The van der Waals surface area contributed by atoms with Crippen molar-refractivity contribution in [3.05, 3.63) is 19.0 Å². The van der Waals surface area contributed by atoms with Gasteiger partial charge in [0.1, 0.15) is 0 Å². The molecule has 0 unspecified atom stereocenters. The molecule has 0 fully saturated rings. The first kappa shape index (κ1) is 28.6. The van der Waals surface area contributed by atoms with Crippen LogP contribution in [0.2, 0.25) is 0 Å². The second-order valence-electron chi connectivity index (χ2n) is 0.192. The van der Waals surface area contributed by atoms with Crippen molar-refractivity contribution in [1.82, 2.24) is 0 Å². The standard InChI is InChI=1S/CH5N2.2H2N.U/c2-1-3;;;/h1H,2-3H2;2*1H2;/q3*-1;+3. The van der Waals surface area contributed by atoms with Crippen LogP contribution in [0.3, 0.4) is 0 Å². The van der Waals surface area contributed by atoms with E-state index in [2.05, 4.69) is 11.5 Å². The van der Waals surface area contributed by atoms with E-state index in [-0.39, 0.29) is 43.4 Å². The zero-order valence-corrected chi connectivity index (χ0v) is 7.55. The summed E-state index contributed by atoms with van der Waals surface area (Å²) in [6.07, 6.45) is 0. The first-order valence-electron chi connectivity index (χ1n) is 0.667. The Morgan fingerprint density at radius 3 is 1.00 bits per heavy atom. The average molecular weight is 315 g/mol. The summed E-state index contributed by atoms with van der Waals surface area (Å²) in [5, 5.41) is 0. The van der Waals surface area contributed by atoms with E-state index in [1.54, 1.807) is 0 Å². The fraction of sp³-hybridized carbons (Fsp3) is 0. The van der Waals surface area contributed by atoms with Crippen LogP contribution in [0.1, 0.15) is 0 Å². The molecule has 0 aromatic rings. The Labute approximate surface area is 61.6 Å². The second-order valence-corrected chi connectivity index (χ2v) is 0.192. The third-order valence-corrected chi connectivity index (χ3v) is 0. The molecule has 8 N–H and O–H groups in total. The minimum atomic E-state index is 0. The van der Waals surface area contributed by atoms with E-state index in [9.17, 15) is 0 Å². The van der Waals surface area contributed by atoms with Crippen LogP contribution in [-0.2, 0) is 0 Å². The second kappa shape index (κ2) is 39.4. The Hall–Kier alpha value is 0.892. The normalized spacial score (nSPS) is 3.00. The van der Waals surface area contributed by atoms with Crippen molar-refractivity contribution < 1.29 is 31.1 Å². The molecule has 0 aliphatic heterocycles. The molecule has 0 aliphatic carbocycles. The Bertz CT molecular complexity index is 7.51. The first-order chi connectivity index (χ1) is 1.41. The summed E-state index contributed by atoms with van der Waals surface area (Å²) in [7, 11) is 0. The van der Waals surface area contributed by atoms with Crippen molar-refractivity contribution in [3.63, 3.8) is 0 Å². The molecule has 1 radical (unpaired) electrons. The van der Waals surface area contributed by atoms with E-state index in [0.717, 1.165) is 6.67 Å². The SMILES string of the molecule is N[CH-]N.[NH2-].[NH2-].[U+3]. The van der Waals surface area contributed by atoms with Gasteiger partial charge in [0.2, 0.25) is 0 Å². The predicted octanol–water partition coefficient (Wildman–Crippen LogP) is 0.457. The minimum absolute atomic E-state index is 0. The fourth-order valence-corrected chi connectivity index (χ4v) is 0. The van der Waals surface area contributed by atoms with Crippen molar-refractivity contribution in [2.75, 3.05) is 0 Å². The van der Waals surface area contributed by atoms with Crippen molar-refractivity contribution in [2.45, 2.75) is 0 Å². The van der Waals surface area contributed by atoms with Gasteiger partial charge < -0.3 is 23.8 Å². The molecule has 0 aliphatic rings. The minimum Gasteiger partial charge on any atom is -0.693 e. The molecular weight excluding hydrogens is 306 g/mol. The molecule has 0 saturated heterocycles. The van der Waals surface area contributed by atoms with E-state index in [4.69, 9.17) is 0 Å². The van der Waals surface area contributed by atoms with Crippen molar-refractivity contribution in [2.24, 2.45) is 11.5 Å². The largest absolute Gasteiger partial charge is 3.00 e. The van der Waals surface area contributed by atoms with Crippen LogP contribution in [0.4, 0.5) is 0 Å². The van der Waals surface area contributed by atoms with Crippen LogP contribution in [0.25, 0.3) is 12.3 Å².